The minimum atomic E-state index is -3.26. The SMILES string of the molecule is CC(C)c1ccc([C@H]2C(C(=O)c3cccs3)=C(O)C(=O)N2[C@@H]2CCS(=O)(=O)C2)cc1. The molecule has 1 aromatic carbocycles. The van der Waals surface area contributed by atoms with Crippen molar-refractivity contribution in [3.05, 3.63) is 69.1 Å². The first-order valence-electron chi connectivity index (χ1n) is 9.84. The Morgan fingerprint density at radius 3 is 2.43 bits per heavy atom. The van der Waals surface area contributed by atoms with Crippen molar-refractivity contribution < 1.29 is 23.1 Å². The van der Waals surface area contributed by atoms with E-state index in [9.17, 15) is 23.1 Å². The molecule has 8 heteroatoms. The molecular weight excluding hydrogens is 422 g/mol. The number of carbonyl (C=O) groups is 2. The van der Waals surface area contributed by atoms with E-state index in [-0.39, 0.29) is 17.1 Å². The number of ketones is 1. The van der Waals surface area contributed by atoms with Gasteiger partial charge in [0.2, 0.25) is 5.78 Å². The van der Waals surface area contributed by atoms with Gasteiger partial charge in [-0.3, -0.25) is 9.59 Å². The average molecular weight is 446 g/mol. The first-order valence-corrected chi connectivity index (χ1v) is 12.5. The lowest BCUT2D eigenvalue weighted by molar-refractivity contribution is -0.131. The van der Waals surface area contributed by atoms with Gasteiger partial charge in [-0.15, -0.1) is 11.3 Å². The fourth-order valence-electron chi connectivity index (χ4n) is 4.16. The summed E-state index contributed by atoms with van der Waals surface area (Å²) in [5.41, 5.74) is 1.81. The molecule has 1 fully saturated rings. The summed E-state index contributed by atoms with van der Waals surface area (Å²) in [6.07, 6.45) is 0.294. The lowest BCUT2D eigenvalue weighted by Gasteiger charge is -2.31. The van der Waals surface area contributed by atoms with Crippen LogP contribution < -0.4 is 0 Å². The van der Waals surface area contributed by atoms with E-state index in [2.05, 4.69) is 13.8 Å². The topological polar surface area (TPSA) is 91.8 Å². The number of carbonyl (C=O) groups excluding carboxylic acids is 2. The van der Waals surface area contributed by atoms with Crippen LogP contribution in [0.3, 0.4) is 0 Å². The molecule has 1 saturated heterocycles. The number of sulfone groups is 1. The summed E-state index contributed by atoms with van der Waals surface area (Å²) in [7, 11) is -3.26. The summed E-state index contributed by atoms with van der Waals surface area (Å²) in [5.74, 6) is -1.53. The van der Waals surface area contributed by atoms with Gasteiger partial charge in [0.25, 0.3) is 5.91 Å². The van der Waals surface area contributed by atoms with Crippen molar-refractivity contribution in [1.82, 2.24) is 4.90 Å². The van der Waals surface area contributed by atoms with E-state index >= 15 is 0 Å². The van der Waals surface area contributed by atoms with Crippen LogP contribution in [0.5, 0.6) is 0 Å². The van der Waals surface area contributed by atoms with Crippen molar-refractivity contribution >= 4 is 32.9 Å². The van der Waals surface area contributed by atoms with Crippen LogP contribution in [0.25, 0.3) is 0 Å². The van der Waals surface area contributed by atoms with Crippen molar-refractivity contribution in [2.24, 2.45) is 0 Å². The predicted octanol–water partition coefficient (Wildman–Crippen LogP) is 3.64. The van der Waals surface area contributed by atoms with Crippen LogP contribution in [0.2, 0.25) is 0 Å². The zero-order valence-corrected chi connectivity index (χ0v) is 18.4. The highest BCUT2D eigenvalue weighted by atomic mass is 32.2. The first kappa shape index (κ1) is 20.8. The minimum Gasteiger partial charge on any atom is -0.503 e. The van der Waals surface area contributed by atoms with E-state index < -0.39 is 39.4 Å². The Balaban J connectivity index is 1.81. The molecule has 0 unspecified atom stereocenters. The molecule has 3 heterocycles. The molecule has 0 aliphatic carbocycles. The third kappa shape index (κ3) is 3.58. The maximum absolute atomic E-state index is 13.2. The van der Waals surface area contributed by atoms with Crippen LogP contribution in [0.1, 0.15) is 53.0 Å². The van der Waals surface area contributed by atoms with E-state index in [4.69, 9.17) is 0 Å². The summed E-state index contributed by atoms with van der Waals surface area (Å²) in [4.78, 5) is 28.0. The molecule has 1 aromatic heterocycles. The Bertz CT molecular complexity index is 1110. The number of Topliss-reactive ketones (excluding diaryl/α,β-unsaturated/α-hetero) is 1. The second-order valence-electron chi connectivity index (χ2n) is 8.06. The lowest BCUT2D eigenvalue weighted by Crippen LogP contribution is -2.41. The molecule has 1 N–H and O–H groups in total. The largest absolute Gasteiger partial charge is 0.503 e. The maximum Gasteiger partial charge on any atom is 0.290 e. The van der Waals surface area contributed by atoms with Gasteiger partial charge >= 0.3 is 0 Å². The summed E-state index contributed by atoms with van der Waals surface area (Å²) < 4.78 is 24.1. The van der Waals surface area contributed by atoms with Gasteiger partial charge in [-0.1, -0.05) is 44.2 Å². The molecule has 30 heavy (non-hydrogen) atoms. The smallest absolute Gasteiger partial charge is 0.290 e. The number of benzene rings is 1. The van der Waals surface area contributed by atoms with Crippen LogP contribution in [0.15, 0.2) is 53.1 Å². The normalized spacial score (nSPS) is 23.6. The molecule has 2 atom stereocenters. The fraction of sp³-hybridized carbons (Fsp3) is 0.364. The van der Waals surface area contributed by atoms with Crippen molar-refractivity contribution in [1.29, 1.82) is 0 Å². The Morgan fingerprint density at radius 2 is 1.90 bits per heavy atom. The standard InChI is InChI=1S/C22H23NO5S2/c1-13(2)14-5-7-15(8-6-14)19-18(20(24)17-4-3-10-29-17)21(25)22(26)23(19)16-9-11-30(27,28)12-16/h3-8,10,13,16,19,25H,9,11-12H2,1-2H3/t16-,19+/m1/s1. The number of amides is 1. The third-order valence-corrected chi connectivity index (χ3v) is 8.37. The number of aliphatic hydroxyl groups is 1. The molecular formula is C22H23NO5S2. The fourth-order valence-corrected chi connectivity index (χ4v) is 6.55. The highest BCUT2D eigenvalue weighted by Gasteiger charge is 2.49. The Labute approximate surface area is 179 Å². The zero-order valence-electron chi connectivity index (χ0n) is 16.7. The molecule has 2 aliphatic rings. The minimum absolute atomic E-state index is 0.00454. The Morgan fingerprint density at radius 1 is 1.20 bits per heavy atom. The lowest BCUT2D eigenvalue weighted by atomic mass is 9.92. The van der Waals surface area contributed by atoms with Crippen LogP contribution in [-0.2, 0) is 14.6 Å². The van der Waals surface area contributed by atoms with Crippen LogP contribution in [0.4, 0.5) is 0 Å². The Hall–Kier alpha value is -2.45. The molecule has 0 radical (unpaired) electrons. The third-order valence-electron chi connectivity index (χ3n) is 5.75. The summed E-state index contributed by atoms with van der Waals surface area (Å²) in [6.45, 7) is 4.14. The van der Waals surface area contributed by atoms with Crippen LogP contribution >= 0.6 is 11.3 Å². The van der Waals surface area contributed by atoms with Gasteiger partial charge in [0.15, 0.2) is 15.6 Å². The highest BCUT2D eigenvalue weighted by molar-refractivity contribution is 7.91. The monoisotopic (exact) mass is 445 g/mol. The number of hydrogen-bond donors (Lipinski definition) is 1. The van der Waals surface area contributed by atoms with Crippen LogP contribution in [-0.4, -0.2) is 47.7 Å². The highest BCUT2D eigenvalue weighted by Crippen LogP contribution is 2.42. The molecule has 2 aliphatic heterocycles. The molecule has 1 amide bonds. The summed E-state index contributed by atoms with van der Waals surface area (Å²) >= 11 is 1.24. The van der Waals surface area contributed by atoms with Gasteiger partial charge < -0.3 is 10.0 Å². The Kier molecular flexibility index (Phi) is 5.32. The first-order chi connectivity index (χ1) is 14.2. The second-order valence-corrected chi connectivity index (χ2v) is 11.2. The van der Waals surface area contributed by atoms with E-state index in [0.717, 1.165) is 5.56 Å². The average Bonchev–Trinajstić information content (AvgIpc) is 3.41. The molecule has 4 rings (SSSR count). The predicted molar refractivity (Wildman–Crippen MR) is 115 cm³/mol. The number of thiophene rings is 1. The molecule has 0 spiro atoms. The number of hydrogen-bond acceptors (Lipinski definition) is 6. The van der Waals surface area contributed by atoms with Crippen molar-refractivity contribution in [2.75, 3.05) is 11.5 Å². The van der Waals surface area contributed by atoms with Gasteiger partial charge in [0, 0.05) is 6.04 Å². The molecule has 158 valence electrons. The van der Waals surface area contributed by atoms with Gasteiger partial charge in [-0.2, -0.15) is 0 Å². The number of aliphatic hydroxyl groups excluding tert-OH is 1. The quantitative estimate of drug-likeness (QED) is 0.710. The maximum atomic E-state index is 13.2. The van der Waals surface area contributed by atoms with Gasteiger partial charge in [0.05, 0.1) is 28.0 Å². The summed E-state index contributed by atoms with van der Waals surface area (Å²) in [5, 5.41) is 12.4. The number of nitrogens with zero attached hydrogens (tertiary/aromatic N) is 1. The zero-order chi connectivity index (χ0) is 21.6. The molecule has 2 aromatic rings. The summed E-state index contributed by atoms with van der Waals surface area (Å²) in [6, 6.07) is 9.58. The van der Waals surface area contributed by atoms with Crippen LogP contribution in [0, 0.1) is 0 Å². The van der Waals surface area contributed by atoms with Gasteiger partial charge in [0.1, 0.15) is 0 Å². The number of rotatable bonds is 5. The van der Waals surface area contributed by atoms with Gasteiger partial charge in [-0.25, -0.2) is 8.42 Å². The van der Waals surface area contributed by atoms with Crippen molar-refractivity contribution in [3.63, 3.8) is 0 Å². The van der Waals surface area contributed by atoms with Crippen molar-refractivity contribution in [2.45, 2.75) is 38.3 Å². The van der Waals surface area contributed by atoms with E-state index in [0.29, 0.717) is 22.8 Å². The van der Waals surface area contributed by atoms with E-state index in [1.165, 1.54) is 16.2 Å². The molecule has 6 nitrogen and oxygen atoms in total. The van der Waals surface area contributed by atoms with E-state index in [1.54, 1.807) is 17.5 Å². The van der Waals surface area contributed by atoms with E-state index in [1.807, 2.05) is 24.3 Å². The molecule has 0 saturated carbocycles. The van der Waals surface area contributed by atoms with Gasteiger partial charge in [-0.05, 0) is 34.9 Å². The van der Waals surface area contributed by atoms with Crippen molar-refractivity contribution in [3.8, 4) is 0 Å². The second kappa shape index (κ2) is 7.67. The molecule has 0 bridgehead atoms.